The Labute approximate surface area is 164 Å². The van der Waals surface area contributed by atoms with Crippen LogP contribution in [-0.2, 0) is 11.3 Å². The number of piperazine rings is 1. The van der Waals surface area contributed by atoms with Crippen molar-refractivity contribution < 1.29 is 9.13 Å². The van der Waals surface area contributed by atoms with Gasteiger partial charge < -0.3 is 4.74 Å². The van der Waals surface area contributed by atoms with Gasteiger partial charge in [0, 0.05) is 44.9 Å². The zero-order chi connectivity index (χ0) is 19.3. The SMILES string of the molecule is C=CCN1CCN([C@H](c2ccccc2F)c2nnnn2C[C@H]2CCCO2)CC1. The molecule has 4 rings (SSSR count). The second kappa shape index (κ2) is 8.89. The minimum atomic E-state index is -0.316. The molecule has 0 radical (unpaired) electrons. The van der Waals surface area contributed by atoms with Gasteiger partial charge in [0.25, 0.3) is 0 Å². The van der Waals surface area contributed by atoms with Gasteiger partial charge in [-0.1, -0.05) is 24.3 Å². The van der Waals surface area contributed by atoms with Crippen molar-refractivity contribution >= 4 is 0 Å². The van der Waals surface area contributed by atoms with Crippen molar-refractivity contribution in [3.8, 4) is 0 Å². The summed E-state index contributed by atoms with van der Waals surface area (Å²) in [4.78, 5) is 4.62. The number of nitrogens with zero attached hydrogens (tertiary/aromatic N) is 6. The maximum Gasteiger partial charge on any atom is 0.173 e. The van der Waals surface area contributed by atoms with Crippen LogP contribution in [0, 0.1) is 5.82 Å². The molecule has 0 aliphatic carbocycles. The van der Waals surface area contributed by atoms with Crippen molar-refractivity contribution in [2.24, 2.45) is 0 Å². The van der Waals surface area contributed by atoms with Gasteiger partial charge in [-0.05, 0) is 29.3 Å². The lowest BCUT2D eigenvalue weighted by Gasteiger charge is -2.38. The highest BCUT2D eigenvalue weighted by Gasteiger charge is 2.32. The van der Waals surface area contributed by atoms with Crippen LogP contribution in [0.4, 0.5) is 4.39 Å². The molecule has 2 atom stereocenters. The van der Waals surface area contributed by atoms with Crippen molar-refractivity contribution in [3.63, 3.8) is 0 Å². The van der Waals surface area contributed by atoms with E-state index in [0.717, 1.165) is 52.2 Å². The van der Waals surface area contributed by atoms with Crippen molar-refractivity contribution in [2.45, 2.75) is 31.5 Å². The largest absolute Gasteiger partial charge is 0.376 e. The molecular weight excluding hydrogens is 359 g/mol. The molecule has 1 aromatic carbocycles. The number of hydrogen-bond donors (Lipinski definition) is 0. The van der Waals surface area contributed by atoms with Crippen LogP contribution in [0.5, 0.6) is 0 Å². The molecule has 7 nitrogen and oxygen atoms in total. The minimum Gasteiger partial charge on any atom is -0.376 e. The van der Waals surface area contributed by atoms with Crippen LogP contribution in [0.15, 0.2) is 36.9 Å². The summed E-state index contributed by atoms with van der Waals surface area (Å²) in [6.45, 7) is 9.53. The highest BCUT2D eigenvalue weighted by Crippen LogP contribution is 2.30. The molecule has 2 aliphatic heterocycles. The van der Waals surface area contributed by atoms with E-state index in [9.17, 15) is 4.39 Å². The highest BCUT2D eigenvalue weighted by atomic mass is 19.1. The molecule has 2 fully saturated rings. The minimum absolute atomic E-state index is 0.118. The molecule has 0 saturated carbocycles. The van der Waals surface area contributed by atoms with Crippen LogP contribution in [0.1, 0.15) is 30.3 Å². The average molecular weight is 386 g/mol. The normalized spacial score (nSPS) is 22.4. The third-order valence-corrected chi connectivity index (χ3v) is 5.56. The molecule has 0 N–H and O–H groups in total. The third kappa shape index (κ3) is 4.14. The fourth-order valence-corrected chi connectivity index (χ4v) is 4.10. The Morgan fingerprint density at radius 1 is 1.25 bits per heavy atom. The predicted molar refractivity (Wildman–Crippen MR) is 103 cm³/mol. The van der Waals surface area contributed by atoms with Crippen molar-refractivity contribution in [3.05, 3.63) is 54.1 Å². The van der Waals surface area contributed by atoms with E-state index in [1.807, 2.05) is 18.2 Å². The van der Waals surface area contributed by atoms with Gasteiger partial charge in [-0.3, -0.25) is 9.80 Å². The van der Waals surface area contributed by atoms with E-state index in [-0.39, 0.29) is 18.0 Å². The van der Waals surface area contributed by atoms with Crippen LogP contribution < -0.4 is 0 Å². The first-order chi connectivity index (χ1) is 13.8. The predicted octanol–water partition coefficient (Wildman–Crippen LogP) is 1.88. The number of rotatable bonds is 7. The summed E-state index contributed by atoms with van der Waals surface area (Å²) in [6.07, 6.45) is 4.10. The monoisotopic (exact) mass is 386 g/mol. The van der Waals surface area contributed by atoms with Crippen LogP contribution >= 0.6 is 0 Å². The molecule has 28 heavy (non-hydrogen) atoms. The Balaban J connectivity index is 1.62. The van der Waals surface area contributed by atoms with Gasteiger partial charge in [-0.2, -0.15) is 0 Å². The second-order valence-corrected chi connectivity index (χ2v) is 7.40. The van der Waals surface area contributed by atoms with Crippen LogP contribution in [-0.4, -0.2) is 75.4 Å². The van der Waals surface area contributed by atoms with Gasteiger partial charge in [0.2, 0.25) is 0 Å². The summed E-state index contributed by atoms with van der Waals surface area (Å²) < 4.78 is 22.3. The molecule has 0 spiro atoms. The van der Waals surface area contributed by atoms with E-state index >= 15 is 0 Å². The molecule has 2 aliphatic rings. The van der Waals surface area contributed by atoms with Gasteiger partial charge in [-0.15, -0.1) is 11.7 Å². The molecular formula is C20H27FN6O. The fourth-order valence-electron chi connectivity index (χ4n) is 4.10. The molecule has 3 heterocycles. The quantitative estimate of drug-likeness (QED) is 0.678. The lowest BCUT2D eigenvalue weighted by Crippen LogP contribution is -2.48. The summed E-state index contributed by atoms with van der Waals surface area (Å²) in [7, 11) is 0. The first-order valence-corrected chi connectivity index (χ1v) is 9.95. The van der Waals surface area contributed by atoms with Crippen LogP contribution in [0.2, 0.25) is 0 Å². The van der Waals surface area contributed by atoms with E-state index in [1.54, 1.807) is 10.7 Å². The molecule has 0 amide bonds. The van der Waals surface area contributed by atoms with Gasteiger partial charge in [0.1, 0.15) is 11.9 Å². The van der Waals surface area contributed by atoms with Crippen molar-refractivity contribution in [1.29, 1.82) is 0 Å². The number of halogens is 1. The zero-order valence-corrected chi connectivity index (χ0v) is 16.1. The highest BCUT2D eigenvalue weighted by molar-refractivity contribution is 5.26. The topological polar surface area (TPSA) is 59.3 Å². The van der Waals surface area contributed by atoms with Crippen LogP contribution in [0.3, 0.4) is 0 Å². The number of hydrogen-bond acceptors (Lipinski definition) is 6. The zero-order valence-electron chi connectivity index (χ0n) is 16.1. The Morgan fingerprint density at radius 3 is 2.79 bits per heavy atom. The maximum absolute atomic E-state index is 14.8. The Morgan fingerprint density at radius 2 is 2.07 bits per heavy atom. The molecule has 0 bridgehead atoms. The first kappa shape index (κ1) is 19.2. The molecule has 2 aromatic rings. The summed E-state index contributed by atoms with van der Waals surface area (Å²) in [5.41, 5.74) is 0.614. The van der Waals surface area contributed by atoms with Crippen molar-refractivity contribution in [1.82, 2.24) is 30.0 Å². The lowest BCUT2D eigenvalue weighted by molar-refractivity contribution is 0.0864. The van der Waals surface area contributed by atoms with Gasteiger partial charge in [0.15, 0.2) is 5.82 Å². The fraction of sp³-hybridized carbons (Fsp3) is 0.550. The number of benzene rings is 1. The molecule has 150 valence electrons. The number of aromatic nitrogens is 4. The van der Waals surface area contributed by atoms with Crippen molar-refractivity contribution in [2.75, 3.05) is 39.3 Å². The first-order valence-electron chi connectivity index (χ1n) is 9.95. The second-order valence-electron chi connectivity index (χ2n) is 7.40. The average Bonchev–Trinajstić information content (AvgIpc) is 3.38. The molecule has 8 heteroatoms. The Bertz CT molecular complexity index is 783. The van der Waals surface area contributed by atoms with E-state index in [4.69, 9.17) is 4.74 Å². The van der Waals surface area contributed by atoms with Gasteiger partial charge >= 0.3 is 0 Å². The molecule has 0 unspecified atom stereocenters. The Hall–Kier alpha value is -2.16. The van der Waals surface area contributed by atoms with Gasteiger partial charge in [0.05, 0.1) is 12.6 Å². The molecule has 1 aromatic heterocycles. The van der Waals surface area contributed by atoms with E-state index in [2.05, 4.69) is 31.9 Å². The lowest BCUT2D eigenvalue weighted by atomic mass is 10.0. The summed E-state index contributed by atoms with van der Waals surface area (Å²) in [5.74, 6) is 0.449. The number of ether oxygens (including phenoxy) is 1. The Kier molecular flexibility index (Phi) is 6.09. The number of tetrazole rings is 1. The third-order valence-electron chi connectivity index (χ3n) is 5.56. The van der Waals surface area contributed by atoms with Gasteiger partial charge in [-0.25, -0.2) is 9.07 Å². The van der Waals surface area contributed by atoms with Crippen LogP contribution in [0.25, 0.3) is 0 Å². The molecule has 2 saturated heterocycles. The summed E-state index contributed by atoms with van der Waals surface area (Å²) in [6, 6.07) is 6.61. The van der Waals surface area contributed by atoms with E-state index in [1.165, 1.54) is 6.07 Å². The summed E-state index contributed by atoms with van der Waals surface area (Å²) >= 11 is 0. The summed E-state index contributed by atoms with van der Waals surface area (Å²) in [5, 5.41) is 12.4. The van der Waals surface area contributed by atoms with E-state index < -0.39 is 0 Å². The smallest absolute Gasteiger partial charge is 0.173 e. The van der Waals surface area contributed by atoms with E-state index in [0.29, 0.717) is 17.9 Å². The maximum atomic E-state index is 14.8. The standard InChI is InChI=1S/C20H27FN6O/c1-2-9-25-10-12-26(13-11-25)19(17-7-3-4-8-18(17)21)20-22-23-24-27(20)15-16-6-5-14-28-16/h2-4,7-8,16,19H,1,5-6,9-15H2/t16-,19-/m1/s1.